The molecular formula is C11H13IN2O2S. The van der Waals surface area contributed by atoms with E-state index in [1.165, 1.54) is 6.07 Å². The molecule has 0 aromatic heterocycles. The first-order valence-corrected chi connectivity index (χ1v) is 6.33. The molecule has 0 saturated heterocycles. The molecule has 0 atom stereocenters. The summed E-state index contributed by atoms with van der Waals surface area (Å²) < 4.78 is 0.688. The van der Waals surface area contributed by atoms with Gasteiger partial charge in [0.1, 0.15) is 5.75 Å². The number of phenols is 1. The second kappa shape index (κ2) is 5.18. The van der Waals surface area contributed by atoms with Gasteiger partial charge in [-0.25, -0.2) is 0 Å². The number of carbonyl (C=O) groups excluding carboxylic acids is 1. The van der Waals surface area contributed by atoms with Crippen molar-refractivity contribution in [2.45, 2.75) is 19.4 Å². The zero-order chi connectivity index (χ0) is 13.2. The summed E-state index contributed by atoms with van der Waals surface area (Å²) in [4.78, 5) is 12.1. The van der Waals surface area contributed by atoms with Crippen molar-refractivity contribution in [3.63, 3.8) is 0 Å². The normalized spacial score (nSPS) is 11.0. The average Bonchev–Trinajstić information content (AvgIpc) is 2.21. The molecule has 0 saturated carbocycles. The smallest absolute Gasteiger partial charge is 0.252 e. The minimum absolute atomic E-state index is 0.0754. The number of halogens is 1. The maximum absolute atomic E-state index is 11.9. The third-order valence-electron chi connectivity index (χ3n) is 2.25. The Kier molecular flexibility index (Phi) is 4.31. The van der Waals surface area contributed by atoms with Gasteiger partial charge in [-0.2, -0.15) is 0 Å². The molecule has 0 radical (unpaired) electrons. The van der Waals surface area contributed by atoms with E-state index in [2.05, 4.69) is 5.32 Å². The Balaban J connectivity index is 2.91. The Labute approximate surface area is 119 Å². The number of rotatable bonds is 3. The van der Waals surface area contributed by atoms with Crippen LogP contribution in [0.3, 0.4) is 0 Å². The van der Waals surface area contributed by atoms with Crippen LogP contribution in [-0.2, 0) is 0 Å². The van der Waals surface area contributed by atoms with Gasteiger partial charge in [0, 0.05) is 5.56 Å². The number of hydrogen-bond donors (Lipinski definition) is 3. The summed E-state index contributed by atoms with van der Waals surface area (Å²) in [6.07, 6.45) is 0. The molecule has 6 heteroatoms. The first-order valence-electron chi connectivity index (χ1n) is 4.85. The zero-order valence-electron chi connectivity index (χ0n) is 9.45. The third-order valence-corrected chi connectivity index (χ3v) is 3.67. The van der Waals surface area contributed by atoms with Gasteiger partial charge in [-0.3, -0.25) is 4.79 Å². The first-order chi connectivity index (χ1) is 7.74. The largest absolute Gasteiger partial charge is 0.507 e. The van der Waals surface area contributed by atoms with Gasteiger partial charge in [-0.05, 0) is 54.6 Å². The molecule has 1 amide bonds. The van der Waals surface area contributed by atoms with E-state index >= 15 is 0 Å². The number of thiocarbonyl (C=S) groups is 1. The summed E-state index contributed by atoms with van der Waals surface area (Å²) in [5, 5.41) is 12.2. The second-order valence-electron chi connectivity index (χ2n) is 4.11. The minimum Gasteiger partial charge on any atom is -0.507 e. The van der Waals surface area contributed by atoms with Crippen molar-refractivity contribution in [3.8, 4) is 5.75 Å². The van der Waals surface area contributed by atoms with Crippen molar-refractivity contribution in [1.29, 1.82) is 0 Å². The summed E-state index contributed by atoms with van der Waals surface area (Å²) in [5.41, 5.74) is 5.13. The predicted molar refractivity (Wildman–Crippen MR) is 79.2 cm³/mol. The molecule has 0 fully saturated rings. The van der Waals surface area contributed by atoms with Crippen LogP contribution in [0.1, 0.15) is 24.2 Å². The van der Waals surface area contributed by atoms with Crippen molar-refractivity contribution >= 4 is 45.7 Å². The van der Waals surface area contributed by atoms with Crippen LogP contribution in [0.15, 0.2) is 18.2 Å². The SMILES string of the molecule is CC(C)(NC(=O)c1ccc(I)c(O)c1)C(N)=S. The number of benzene rings is 1. The number of hydrogen-bond acceptors (Lipinski definition) is 3. The molecule has 4 N–H and O–H groups in total. The maximum atomic E-state index is 11.9. The Morgan fingerprint density at radius 1 is 1.53 bits per heavy atom. The lowest BCUT2D eigenvalue weighted by atomic mass is 10.0. The number of aromatic hydroxyl groups is 1. The van der Waals surface area contributed by atoms with Gasteiger partial charge in [-0.15, -0.1) is 0 Å². The van der Waals surface area contributed by atoms with Gasteiger partial charge in [0.2, 0.25) is 0 Å². The zero-order valence-corrected chi connectivity index (χ0v) is 12.4. The highest BCUT2D eigenvalue weighted by Crippen LogP contribution is 2.20. The van der Waals surface area contributed by atoms with Crippen LogP contribution in [0.5, 0.6) is 5.75 Å². The third kappa shape index (κ3) is 3.53. The Morgan fingerprint density at radius 3 is 2.59 bits per heavy atom. The van der Waals surface area contributed by atoms with Gasteiger partial charge in [0.25, 0.3) is 5.91 Å². The summed E-state index contributed by atoms with van der Waals surface area (Å²) in [6, 6.07) is 4.71. The molecular weight excluding hydrogens is 351 g/mol. The van der Waals surface area contributed by atoms with Crippen LogP contribution in [0, 0.1) is 3.57 Å². The molecule has 0 aliphatic heterocycles. The summed E-state index contributed by atoms with van der Waals surface area (Å²) in [7, 11) is 0. The van der Waals surface area contributed by atoms with E-state index in [1.54, 1.807) is 26.0 Å². The van der Waals surface area contributed by atoms with Crippen LogP contribution in [0.2, 0.25) is 0 Å². The maximum Gasteiger partial charge on any atom is 0.252 e. The van der Waals surface area contributed by atoms with Crippen molar-refractivity contribution < 1.29 is 9.90 Å². The van der Waals surface area contributed by atoms with Crippen LogP contribution >= 0.6 is 34.8 Å². The Hall–Kier alpha value is -0.890. The number of nitrogens with two attached hydrogens (primary N) is 1. The van der Waals surface area contributed by atoms with Gasteiger partial charge in [0.05, 0.1) is 14.1 Å². The van der Waals surface area contributed by atoms with Crippen LogP contribution in [0.4, 0.5) is 0 Å². The monoisotopic (exact) mass is 364 g/mol. The van der Waals surface area contributed by atoms with Crippen LogP contribution < -0.4 is 11.1 Å². The topological polar surface area (TPSA) is 75.3 Å². The Bertz CT molecular complexity index is 475. The molecule has 0 unspecified atom stereocenters. The fourth-order valence-electron chi connectivity index (χ4n) is 1.07. The van der Waals surface area contributed by atoms with Crippen molar-refractivity contribution in [1.82, 2.24) is 5.32 Å². The molecule has 0 bridgehead atoms. The van der Waals surface area contributed by atoms with E-state index in [-0.39, 0.29) is 16.6 Å². The molecule has 1 aromatic rings. The summed E-state index contributed by atoms with van der Waals surface area (Å²) in [6.45, 7) is 3.44. The Morgan fingerprint density at radius 2 is 2.12 bits per heavy atom. The van der Waals surface area contributed by atoms with Crippen molar-refractivity contribution in [3.05, 3.63) is 27.3 Å². The number of nitrogens with one attached hydrogen (secondary N) is 1. The molecule has 92 valence electrons. The lowest BCUT2D eigenvalue weighted by Crippen LogP contribution is -2.52. The van der Waals surface area contributed by atoms with E-state index < -0.39 is 5.54 Å². The van der Waals surface area contributed by atoms with E-state index in [4.69, 9.17) is 18.0 Å². The van der Waals surface area contributed by atoms with E-state index in [0.717, 1.165) is 0 Å². The molecule has 1 rings (SSSR count). The first kappa shape index (κ1) is 14.2. The minimum atomic E-state index is -0.759. The van der Waals surface area contributed by atoms with E-state index in [0.29, 0.717) is 9.13 Å². The lowest BCUT2D eigenvalue weighted by molar-refractivity contribution is 0.0932. The number of amides is 1. The van der Waals surface area contributed by atoms with Gasteiger partial charge in [0.15, 0.2) is 0 Å². The van der Waals surface area contributed by atoms with Crippen molar-refractivity contribution in [2.75, 3.05) is 0 Å². The summed E-state index contributed by atoms with van der Waals surface area (Å²) >= 11 is 6.84. The lowest BCUT2D eigenvalue weighted by Gasteiger charge is -2.24. The molecule has 0 aliphatic carbocycles. The van der Waals surface area contributed by atoms with E-state index in [9.17, 15) is 9.90 Å². The average molecular weight is 364 g/mol. The highest BCUT2D eigenvalue weighted by Gasteiger charge is 2.24. The highest BCUT2D eigenvalue weighted by atomic mass is 127. The van der Waals surface area contributed by atoms with E-state index in [1.807, 2.05) is 22.6 Å². The second-order valence-corrected chi connectivity index (χ2v) is 5.71. The standard InChI is InChI=1S/C11H13IN2O2S/c1-11(2,10(13)17)14-9(16)6-3-4-7(12)8(15)5-6/h3-5,15H,1-2H3,(H2,13,17)(H,14,16). The van der Waals surface area contributed by atoms with Gasteiger partial charge >= 0.3 is 0 Å². The molecule has 17 heavy (non-hydrogen) atoms. The molecule has 4 nitrogen and oxygen atoms in total. The molecule has 0 spiro atoms. The van der Waals surface area contributed by atoms with Crippen molar-refractivity contribution in [2.24, 2.45) is 5.73 Å². The fourth-order valence-corrected chi connectivity index (χ4v) is 1.46. The molecule has 0 heterocycles. The van der Waals surface area contributed by atoms with Crippen LogP contribution in [0.25, 0.3) is 0 Å². The number of phenolic OH excluding ortho intramolecular Hbond substituents is 1. The predicted octanol–water partition coefficient (Wildman–Crippen LogP) is 1.79. The van der Waals surface area contributed by atoms with Gasteiger partial charge < -0.3 is 16.2 Å². The molecule has 1 aromatic carbocycles. The van der Waals surface area contributed by atoms with Gasteiger partial charge in [-0.1, -0.05) is 12.2 Å². The van der Waals surface area contributed by atoms with Crippen LogP contribution in [-0.4, -0.2) is 21.5 Å². The summed E-state index contributed by atoms with van der Waals surface area (Å²) in [5.74, 6) is -0.249. The molecule has 0 aliphatic rings. The quantitative estimate of drug-likeness (QED) is 0.565. The highest BCUT2D eigenvalue weighted by molar-refractivity contribution is 14.1. The fraction of sp³-hybridized carbons (Fsp3) is 0.273. The number of carbonyl (C=O) groups is 1.